The molecule has 0 fully saturated rings. The third kappa shape index (κ3) is 4.06. The van der Waals surface area contributed by atoms with Gasteiger partial charge in [0.15, 0.2) is 11.6 Å². The highest BCUT2D eigenvalue weighted by Gasteiger charge is 2.24. The summed E-state index contributed by atoms with van der Waals surface area (Å²) in [6.45, 7) is 0.858. The van der Waals surface area contributed by atoms with Crippen LogP contribution in [-0.4, -0.2) is 54.4 Å². The number of hydrogen-bond acceptors (Lipinski definition) is 6. The van der Waals surface area contributed by atoms with Crippen molar-refractivity contribution in [1.82, 2.24) is 18.8 Å². The molecule has 0 spiro atoms. The highest BCUT2D eigenvalue weighted by molar-refractivity contribution is 7.90. The first-order chi connectivity index (χ1) is 15.3. The number of rotatable bonds is 7. The van der Waals surface area contributed by atoms with Gasteiger partial charge in [-0.1, -0.05) is 6.07 Å². The smallest absolute Gasteiger partial charge is 0.268 e. The van der Waals surface area contributed by atoms with E-state index < -0.39 is 26.6 Å². The number of nitrogens with one attached hydrogen (secondary N) is 1. The number of nitrogens with zero attached hydrogens (tertiary/aromatic N) is 4. The van der Waals surface area contributed by atoms with Gasteiger partial charge in [0, 0.05) is 42.6 Å². The maximum absolute atomic E-state index is 14.6. The summed E-state index contributed by atoms with van der Waals surface area (Å²) in [7, 11) is -0.611. The molecule has 3 aromatic heterocycles. The van der Waals surface area contributed by atoms with Crippen LogP contribution < -0.4 is 5.32 Å². The van der Waals surface area contributed by atoms with Crippen LogP contribution in [0, 0.1) is 11.6 Å². The molecule has 7 nitrogen and oxygen atoms in total. The normalized spacial score (nSPS) is 11.9. The predicted octanol–water partition coefficient (Wildman–Crippen LogP) is 3.59. The second-order valence-corrected chi connectivity index (χ2v) is 9.26. The molecule has 0 aliphatic rings. The van der Waals surface area contributed by atoms with Gasteiger partial charge in [0.25, 0.3) is 10.0 Å². The first kappa shape index (κ1) is 21.8. The fourth-order valence-corrected chi connectivity index (χ4v) is 4.71. The van der Waals surface area contributed by atoms with Crippen LogP contribution in [0.15, 0.2) is 66.1 Å². The topological polar surface area (TPSA) is 80.1 Å². The van der Waals surface area contributed by atoms with Gasteiger partial charge in [-0.05, 0) is 44.4 Å². The zero-order valence-corrected chi connectivity index (χ0v) is 18.3. The summed E-state index contributed by atoms with van der Waals surface area (Å²) >= 11 is 0. The number of hydrogen-bond donors (Lipinski definition) is 1. The average Bonchev–Trinajstić information content (AvgIpc) is 3.21. The van der Waals surface area contributed by atoms with Crippen molar-refractivity contribution in [2.75, 3.05) is 32.5 Å². The second kappa shape index (κ2) is 8.64. The molecule has 0 saturated heterocycles. The molecule has 1 N–H and O–H groups in total. The molecule has 1 aromatic carbocycles. The molecular weight excluding hydrogens is 436 g/mol. The lowest BCUT2D eigenvalue weighted by molar-refractivity contribution is 0.424. The van der Waals surface area contributed by atoms with Gasteiger partial charge in [0.05, 0.1) is 22.3 Å². The quantitative estimate of drug-likeness (QED) is 0.457. The Morgan fingerprint density at radius 2 is 1.84 bits per heavy atom. The first-order valence-corrected chi connectivity index (χ1v) is 11.2. The Balaban J connectivity index is 1.74. The van der Waals surface area contributed by atoms with E-state index in [9.17, 15) is 17.2 Å². The van der Waals surface area contributed by atoms with E-state index in [4.69, 9.17) is 0 Å². The summed E-state index contributed by atoms with van der Waals surface area (Å²) in [5, 5.41) is 3.27. The van der Waals surface area contributed by atoms with Gasteiger partial charge in [0.2, 0.25) is 0 Å². The van der Waals surface area contributed by atoms with Gasteiger partial charge in [-0.15, -0.1) is 0 Å². The van der Waals surface area contributed by atoms with E-state index in [1.54, 1.807) is 30.6 Å². The Bertz CT molecular complexity index is 1350. The van der Waals surface area contributed by atoms with Crippen LogP contribution in [0.25, 0.3) is 22.2 Å². The molecular formula is C22H21F2N5O2S. The molecule has 0 radical (unpaired) electrons. The van der Waals surface area contributed by atoms with Crippen LogP contribution >= 0.6 is 0 Å². The average molecular weight is 458 g/mol. The summed E-state index contributed by atoms with van der Waals surface area (Å²) in [6, 6.07) is 8.62. The summed E-state index contributed by atoms with van der Waals surface area (Å²) in [5.41, 5.74) is 1.20. The molecule has 0 unspecified atom stereocenters. The van der Waals surface area contributed by atoms with E-state index in [2.05, 4.69) is 15.3 Å². The molecule has 0 atom stereocenters. The summed E-state index contributed by atoms with van der Waals surface area (Å²) < 4.78 is 56.6. The molecule has 0 amide bonds. The van der Waals surface area contributed by atoms with Crippen LogP contribution in [0.3, 0.4) is 0 Å². The van der Waals surface area contributed by atoms with Crippen molar-refractivity contribution >= 4 is 26.6 Å². The monoisotopic (exact) mass is 457 g/mol. The maximum Gasteiger partial charge on any atom is 0.268 e. The molecule has 0 saturated carbocycles. The van der Waals surface area contributed by atoms with E-state index in [1.807, 2.05) is 25.1 Å². The van der Waals surface area contributed by atoms with Crippen LogP contribution in [0.5, 0.6) is 0 Å². The predicted molar refractivity (Wildman–Crippen MR) is 119 cm³/mol. The van der Waals surface area contributed by atoms with Crippen molar-refractivity contribution in [3.8, 4) is 11.3 Å². The van der Waals surface area contributed by atoms with E-state index in [-0.39, 0.29) is 11.2 Å². The molecule has 3 heterocycles. The van der Waals surface area contributed by atoms with Crippen LogP contribution in [0.2, 0.25) is 0 Å². The number of anilines is 1. The van der Waals surface area contributed by atoms with Gasteiger partial charge in [0.1, 0.15) is 5.69 Å². The van der Waals surface area contributed by atoms with Gasteiger partial charge in [-0.3, -0.25) is 9.97 Å². The largest absolute Gasteiger partial charge is 0.379 e. The van der Waals surface area contributed by atoms with Crippen LogP contribution in [0.1, 0.15) is 0 Å². The fraction of sp³-hybridized carbons (Fsp3) is 0.182. The maximum atomic E-state index is 14.6. The number of fused-ring (bicyclic) bond motifs is 1. The number of likely N-dealkylation sites (N-methyl/N-ethyl adjacent to an activating group) is 1. The minimum atomic E-state index is -4.28. The molecule has 4 rings (SSSR count). The Kier molecular flexibility index (Phi) is 5.90. The van der Waals surface area contributed by atoms with E-state index in [0.717, 1.165) is 16.1 Å². The first-order valence-electron chi connectivity index (χ1n) is 9.78. The van der Waals surface area contributed by atoms with Gasteiger partial charge in [-0.2, -0.15) is 0 Å². The van der Waals surface area contributed by atoms with Crippen molar-refractivity contribution in [1.29, 1.82) is 0 Å². The van der Waals surface area contributed by atoms with Crippen molar-refractivity contribution < 1.29 is 17.2 Å². The number of pyridine rings is 2. The summed E-state index contributed by atoms with van der Waals surface area (Å²) in [4.78, 5) is 9.79. The molecule has 10 heteroatoms. The molecule has 32 heavy (non-hydrogen) atoms. The van der Waals surface area contributed by atoms with E-state index >= 15 is 0 Å². The lowest BCUT2D eigenvalue weighted by atomic mass is 10.1. The Morgan fingerprint density at radius 1 is 1.09 bits per heavy atom. The minimum Gasteiger partial charge on any atom is -0.379 e. The lowest BCUT2D eigenvalue weighted by Crippen LogP contribution is -2.21. The molecule has 0 bridgehead atoms. The lowest BCUT2D eigenvalue weighted by Gasteiger charge is -2.14. The van der Waals surface area contributed by atoms with Gasteiger partial charge in [-0.25, -0.2) is 21.2 Å². The summed E-state index contributed by atoms with van der Waals surface area (Å²) in [5.74, 6) is -1.96. The Labute approximate surface area is 184 Å². The second-order valence-electron chi connectivity index (χ2n) is 7.44. The van der Waals surface area contributed by atoms with Crippen molar-refractivity contribution in [3.05, 3.63) is 72.8 Å². The third-order valence-corrected chi connectivity index (χ3v) is 6.62. The zero-order chi connectivity index (χ0) is 22.9. The molecule has 4 aromatic rings. The number of aromatic nitrogens is 3. The fourth-order valence-electron chi connectivity index (χ4n) is 3.35. The molecule has 0 aliphatic heterocycles. The highest BCUT2D eigenvalue weighted by atomic mass is 32.2. The highest BCUT2D eigenvalue weighted by Crippen LogP contribution is 2.30. The van der Waals surface area contributed by atoms with E-state index in [0.29, 0.717) is 29.7 Å². The number of halogens is 2. The zero-order valence-electron chi connectivity index (χ0n) is 17.5. The van der Waals surface area contributed by atoms with E-state index in [1.165, 1.54) is 12.4 Å². The van der Waals surface area contributed by atoms with Crippen molar-refractivity contribution in [2.24, 2.45) is 0 Å². The van der Waals surface area contributed by atoms with Gasteiger partial charge >= 0.3 is 0 Å². The van der Waals surface area contributed by atoms with Gasteiger partial charge < -0.3 is 10.2 Å². The van der Waals surface area contributed by atoms with Crippen LogP contribution in [0.4, 0.5) is 14.5 Å². The number of benzene rings is 1. The minimum absolute atomic E-state index is 0.280. The third-order valence-electron chi connectivity index (χ3n) is 4.95. The standard InChI is InChI=1S/C22H21F2N5O2S/c1-28(2)10-8-27-22-18(23)11-15(12-19(22)24)32(30,31)29-9-6-16-17(13-25-14-21(16)29)20-5-3-4-7-26-20/h3-7,9,11-14,27H,8,10H2,1-2H3. The molecule has 166 valence electrons. The molecule has 0 aliphatic carbocycles. The SMILES string of the molecule is CN(C)CCNc1c(F)cc(S(=O)(=O)n2ccc3c(-c4ccccn4)cncc32)cc1F. The van der Waals surface area contributed by atoms with Crippen LogP contribution in [-0.2, 0) is 10.0 Å². The Morgan fingerprint density at radius 3 is 2.50 bits per heavy atom. The Hall–Kier alpha value is -3.37. The van der Waals surface area contributed by atoms with Crippen molar-refractivity contribution in [2.45, 2.75) is 4.90 Å². The van der Waals surface area contributed by atoms with Crippen molar-refractivity contribution in [3.63, 3.8) is 0 Å². The summed E-state index contributed by atoms with van der Waals surface area (Å²) in [6.07, 6.45) is 5.95.